The lowest BCUT2D eigenvalue weighted by molar-refractivity contribution is 0.682. The molecule has 7 nitrogen and oxygen atoms in total. The third-order valence-corrected chi connectivity index (χ3v) is 3.92. The molecule has 0 atom stereocenters. The fourth-order valence-electron chi connectivity index (χ4n) is 2.67. The first-order chi connectivity index (χ1) is 12.4. The van der Waals surface area contributed by atoms with E-state index in [0.29, 0.717) is 12.5 Å². The highest BCUT2D eigenvalue weighted by Gasteiger charge is 2.09. The van der Waals surface area contributed by atoms with Crippen LogP contribution in [0.5, 0.6) is 0 Å². The van der Waals surface area contributed by atoms with E-state index in [4.69, 9.17) is 0 Å². The summed E-state index contributed by atoms with van der Waals surface area (Å²) in [5, 5.41) is 19.5. The lowest BCUT2D eigenvalue weighted by Gasteiger charge is -2.11. The van der Waals surface area contributed by atoms with Crippen LogP contribution in [0, 0.1) is 0 Å². The summed E-state index contributed by atoms with van der Waals surface area (Å²) in [5.41, 5.74) is 3.30. The number of hydrogen-bond donors (Lipinski definition) is 1. The van der Waals surface area contributed by atoms with Gasteiger partial charge < -0.3 is 5.32 Å². The van der Waals surface area contributed by atoms with Gasteiger partial charge >= 0.3 is 0 Å². The standard InChI is InChI=1S/C18H17N7/c1-2-9-17(10-3-1)25-18(21-22-23-25)19-13-15-7-4-5-8-16(15)14-24-12-6-11-20-24/h1-12H,13-14H2,(H,19,21,23). The molecule has 4 rings (SSSR count). The van der Waals surface area contributed by atoms with Crippen molar-refractivity contribution in [3.63, 3.8) is 0 Å². The molecule has 7 heteroatoms. The third kappa shape index (κ3) is 3.40. The summed E-state index contributed by atoms with van der Waals surface area (Å²) >= 11 is 0. The predicted octanol–water partition coefficient (Wildman–Crippen LogP) is 2.52. The lowest BCUT2D eigenvalue weighted by Crippen LogP contribution is -2.10. The minimum absolute atomic E-state index is 0.611. The van der Waals surface area contributed by atoms with Gasteiger partial charge in [-0.2, -0.15) is 9.78 Å². The number of rotatable bonds is 6. The van der Waals surface area contributed by atoms with Crippen molar-refractivity contribution in [3.05, 3.63) is 84.2 Å². The molecule has 2 aromatic carbocycles. The van der Waals surface area contributed by atoms with Gasteiger partial charge in [-0.25, -0.2) is 0 Å². The van der Waals surface area contributed by atoms with Gasteiger partial charge in [-0.15, -0.1) is 0 Å². The van der Waals surface area contributed by atoms with Crippen LogP contribution in [0.2, 0.25) is 0 Å². The van der Waals surface area contributed by atoms with E-state index in [-0.39, 0.29) is 0 Å². The molecule has 0 amide bonds. The van der Waals surface area contributed by atoms with Crippen molar-refractivity contribution in [3.8, 4) is 5.69 Å². The van der Waals surface area contributed by atoms with Gasteiger partial charge in [0, 0.05) is 18.9 Å². The first-order valence-electron chi connectivity index (χ1n) is 8.02. The number of nitrogens with zero attached hydrogens (tertiary/aromatic N) is 6. The molecule has 0 radical (unpaired) electrons. The Balaban J connectivity index is 1.52. The predicted molar refractivity (Wildman–Crippen MR) is 94.3 cm³/mol. The number of hydrogen-bond acceptors (Lipinski definition) is 5. The number of aromatic nitrogens is 6. The zero-order chi connectivity index (χ0) is 16.9. The smallest absolute Gasteiger partial charge is 0.248 e. The monoisotopic (exact) mass is 331 g/mol. The Morgan fingerprint density at radius 3 is 2.48 bits per heavy atom. The van der Waals surface area contributed by atoms with Gasteiger partial charge in [-0.1, -0.05) is 47.6 Å². The molecule has 0 aliphatic heterocycles. The van der Waals surface area contributed by atoms with E-state index in [0.717, 1.165) is 12.2 Å². The summed E-state index contributed by atoms with van der Waals surface area (Å²) in [6, 6.07) is 20.0. The molecule has 2 heterocycles. The Bertz CT molecular complexity index is 929. The number of para-hydroxylation sites is 1. The van der Waals surface area contributed by atoms with Crippen LogP contribution in [-0.2, 0) is 13.1 Å². The van der Waals surface area contributed by atoms with Crippen molar-refractivity contribution >= 4 is 5.95 Å². The molecule has 0 saturated heterocycles. The van der Waals surface area contributed by atoms with Crippen LogP contribution in [-0.4, -0.2) is 30.0 Å². The first-order valence-corrected chi connectivity index (χ1v) is 8.02. The van der Waals surface area contributed by atoms with Gasteiger partial charge in [0.15, 0.2) is 0 Å². The average molecular weight is 331 g/mol. The van der Waals surface area contributed by atoms with Crippen molar-refractivity contribution in [2.24, 2.45) is 0 Å². The molecule has 25 heavy (non-hydrogen) atoms. The van der Waals surface area contributed by atoms with E-state index in [9.17, 15) is 0 Å². The normalized spacial score (nSPS) is 10.7. The van der Waals surface area contributed by atoms with Crippen LogP contribution in [0.1, 0.15) is 11.1 Å². The van der Waals surface area contributed by atoms with Crippen molar-refractivity contribution in [1.82, 2.24) is 30.0 Å². The lowest BCUT2D eigenvalue weighted by atomic mass is 10.1. The van der Waals surface area contributed by atoms with Crippen molar-refractivity contribution in [2.75, 3.05) is 5.32 Å². The number of nitrogens with one attached hydrogen (secondary N) is 1. The zero-order valence-electron chi connectivity index (χ0n) is 13.5. The van der Waals surface area contributed by atoms with Crippen LogP contribution < -0.4 is 5.32 Å². The van der Waals surface area contributed by atoms with Crippen molar-refractivity contribution < 1.29 is 0 Å². The Morgan fingerprint density at radius 1 is 0.880 bits per heavy atom. The maximum absolute atomic E-state index is 4.28. The third-order valence-electron chi connectivity index (χ3n) is 3.92. The topological polar surface area (TPSA) is 73.5 Å². The zero-order valence-corrected chi connectivity index (χ0v) is 13.5. The quantitative estimate of drug-likeness (QED) is 0.588. The first kappa shape index (κ1) is 15.1. The summed E-state index contributed by atoms with van der Waals surface area (Å²) in [7, 11) is 0. The summed E-state index contributed by atoms with van der Waals surface area (Å²) < 4.78 is 3.60. The molecule has 0 fully saturated rings. The molecule has 0 unspecified atom stereocenters. The minimum Gasteiger partial charge on any atom is -0.349 e. The molecule has 0 aliphatic rings. The highest BCUT2D eigenvalue weighted by molar-refractivity contribution is 5.39. The summed E-state index contributed by atoms with van der Waals surface area (Å²) in [5.74, 6) is 0.611. The summed E-state index contributed by atoms with van der Waals surface area (Å²) in [6.45, 7) is 1.36. The van der Waals surface area contributed by atoms with Crippen LogP contribution in [0.3, 0.4) is 0 Å². The molecule has 1 N–H and O–H groups in total. The number of anilines is 1. The van der Waals surface area contributed by atoms with E-state index in [1.165, 1.54) is 11.1 Å². The van der Waals surface area contributed by atoms with E-state index in [2.05, 4.69) is 38.1 Å². The van der Waals surface area contributed by atoms with Gasteiger partial charge in [0.1, 0.15) is 0 Å². The molecule has 0 bridgehead atoms. The molecule has 124 valence electrons. The van der Waals surface area contributed by atoms with Gasteiger partial charge in [0.2, 0.25) is 5.95 Å². The number of benzene rings is 2. The maximum Gasteiger partial charge on any atom is 0.248 e. The largest absolute Gasteiger partial charge is 0.349 e. The van der Waals surface area contributed by atoms with Crippen LogP contribution in [0.25, 0.3) is 5.69 Å². The van der Waals surface area contributed by atoms with Crippen LogP contribution in [0.15, 0.2) is 73.1 Å². The second-order valence-electron chi connectivity index (χ2n) is 5.58. The van der Waals surface area contributed by atoms with Crippen molar-refractivity contribution in [2.45, 2.75) is 13.1 Å². The van der Waals surface area contributed by atoms with E-state index in [1.807, 2.05) is 59.4 Å². The second kappa shape index (κ2) is 6.96. The second-order valence-corrected chi connectivity index (χ2v) is 5.58. The van der Waals surface area contributed by atoms with Crippen LogP contribution in [0.4, 0.5) is 5.95 Å². The molecular weight excluding hydrogens is 314 g/mol. The Kier molecular flexibility index (Phi) is 4.20. The Hall–Kier alpha value is -3.48. The van der Waals surface area contributed by atoms with Gasteiger partial charge in [0.25, 0.3) is 0 Å². The Morgan fingerprint density at radius 2 is 1.68 bits per heavy atom. The fourth-order valence-corrected chi connectivity index (χ4v) is 2.67. The molecule has 4 aromatic rings. The fraction of sp³-hybridized carbons (Fsp3) is 0.111. The minimum atomic E-state index is 0.611. The highest BCUT2D eigenvalue weighted by Crippen LogP contribution is 2.15. The number of tetrazole rings is 1. The summed E-state index contributed by atoms with van der Waals surface area (Å²) in [6.07, 6.45) is 3.75. The molecule has 0 spiro atoms. The highest BCUT2D eigenvalue weighted by atomic mass is 15.6. The molecule has 0 aliphatic carbocycles. The average Bonchev–Trinajstić information content (AvgIpc) is 3.33. The van der Waals surface area contributed by atoms with E-state index < -0.39 is 0 Å². The van der Waals surface area contributed by atoms with Gasteiger partial charge in [-0.3, -0.25) is 4.68 Å². The molecule has 2 aromatic heterocycles. The molecular formula is C18H17N7. The van der Waals surface area contributed by atoms with Crippen molar-refractivity contribution in [1.29, 1.82) is 0 Å². The van der Waals surface area contributed by atoms with E-state index in [1.54, 1.807) is 10.9 Å². The molecule has 0 saturated carbocycles. The Labute approximate surface area is 144 Å². The van der Waals surface area contributed by atoms with E-state index >= 15 is 0 Å². The SMILES string of the molecule is c1ccc(-n2nnnc2NCc2ccccc2Cn2cccn2)cc1. The summed E-state index contributed by atoms with van der Waals surface area (Å²) in [4.78, 5) is 0. The van der Waals surface area contributed by atoms with Gasteiger partial charge in [-0.05, 0) is 39.8 Å². The van der Waals surface area contributed by atoms with Gasteiger partial charge in [0.05, 0.1) is 12.2 Å². The maximum atomic E-state index is 4.28. The van der Waals surface area contributed by atoms with Crippen LogP contribution >= 0.6 is 0 Å².